The van der Waals surface area contributed by atoms with Gasteiger partial charge in [0.25, 0.3) is 0 Å². The van der Waals surface area contributed by atoms with Gasteiger partial charge in [-0.25, -0.2) is 0 Å². The first-order valence-corrected chi connectivity index (χ1v) is 8.87. The van der Waals surface area contributed by atoms with Crippen molar-refractivity contribution in [3.63, 3.8) is 0 Å². The van der Waals surface area contributed by atoms with Gasteiger partial charge < -0.3 is 10.2 Å². The summed E-state index contributed by atoms with van der Waals surface area (Å²) in [6.45, 7) is 7.68. The summed E-state index contributed by atoms with van der Waals surface area (Å²) < 4.78 is 0. The predicted octanol–water partition coefficient (Wildman–Crippen LogP) is 3.10. The minimum Gasteiger partial charge on any atom is -0.368 e. The molecule has 130 valence electrons. The van der Waals surface area contributed by atoms with E-state index >= 15 is 0 Å². The Morgan fingerprint density at radius 2 is 1.96 bits per heavy atom. The number of para-hydroxylation sites is 1. The molecule has 0 bridgehead atoms. The van der Waals surface area contributed by atoms with Crippen molar-refractivity contribution in [3.05, 3.63) is 53.6 Å². The summed E-state index contributed by atoms with van der Waals surface area (Å²) in [6, 6.07) is 8.01. The summed E-state index contributed by atoms with van der Waals surface area (Å²) in [7, 11) is 0. The van der Waals surface area contributed by atoms with Crippen LogP contribution in [0.25, 0.3) is 0 Å². The van der Waals surface area contributed by atoms with Crippen LogP contribution >= 0.6 is 11.6 Å². The van der Waals surface area contributed by atoms with E-state index in [0.717, 1.165) is 49.9 Å². The molecule has 1 aromatic rings. The smallest absolute Gasteiger partial charge is 0.243 e. The minimum absolute atomic E-state index is 0.0309. The van der Waals surface area contributed by atoms with Crippen LogP contribution in [0.15, 0.2) is 48.6 Å². The van der Waals surface area contributed by atoms with Gasteiger partial charge in [0.1, 0.15) is 0 Å². The molecule has 1 aromatic carbocycles. The maximum Gasteiger partial charge on any atom is 0.243 e. The third-order valence-corrected chi connectivity index (χ3v) is 4.39. The fourth-order valence-electron chi connectivity index (χ4n) is 2.75. The Morgan fingerprint density at radius 3 is 2.67 bits per heavy atom. The molecule has 0 aliphatic carbocycles. The Morgan fingerprint density at radius 1 is 1.21 bits per heavy atom. The number of hydrogen-bond donors (Lipinski definition) is 1. The van der Waals surface area contributed by atoms with Gasteiger partial charge in [0.05, 0.1) is 10.7 Å². The van der Waals surface area contributed by atoms with Crippen molar-refractivity contribution in [1.82, 2.24) is 10.2 Å². The van der Waals surface area contributed by atoms with Crippen LogP contribution in [0.5, 0.6) is 0 Å². The SMILES string of the molecule is CC=CC=CC(=O)NCCCN1CCN(c2ccccc2Cl)CC1. The van der Waals surface area contributed by atoms with E-state index in [1.165, 1.54) is 0 Å². The standard InChI is InChI=1S/C19H26ClN3O/c1-2-3-4-10-19(24)21-11-7-12-22-13-15-23(16-14-22)18-9-6-5-8-17(18)20/h2-6,8-10H,7,11-16H2,1H3,(H,21,24). The molecule has 1 aliphatic rings. The number of rotatable bonds is 7. The molecular formula is C19H26ClN3O. The average Bonchev–Trinajstić information content (AvgIpc) is 2.60. The van der Waals surface area contributed by atoms with Gasteiger partial charge in [0.2, 0.25) is 5.91 Å². The number of piperazine rings is 1. The molecule has 0 unspecified atom stereocenters. The summed E-state index contributed by atoms with van der Waals surface area (Å²) >= 11 is 6.27. The Bertz CT molecular complexity index is 578. The van der Waals surface area contributed by atoms with Gasteiger partial charge in [-0.1, -0.05) is 42.0 Å². The first-order valence-electron chi connectivity index (χ1n) is 8.49. The highest BCUT2D eigenvalue weighted by atomic mass is 35.5. The van der Waals surface area contributed by atoms with E-state index in [1.807, 2.05) is 37.3 Å². The summed E-state index contributed by atoms with van der Waals surface area (Å²) in [5.41, 5.74) is 1.12. The van der Waals surface area contributed by atoms with Gasteiger partial charge >= 0.3 is 0 Å². The van der Waals surface area contributed by atoms with Crippen LogP contribution in [0.2, 0.25) is 5.02 Å². The van der Waals surface area contributed by atoms with Crippen molar-refractivity contribution in [2.75, 3.05) is 44.2 Å². The topological polar surface area (TPSA) is 35.6 Å². The summed E-state index contributed by atoms with van der Waals surface area (Å²) in [5.74, 6) is -0.0309. The normalized spacial score (nSPS) is 16.2. The zero-order valence-electron chi connectivity index (χ0n) is 14.2. The van der Waals surface area contributed by atoms with Gasteiger partial charge in [-0.2, -0.15) is 0 Å². The monoisotopic (exact) mass is 347 g/mol. The average molecular weight is 348 g/mol. The predicted molar refractivity (Wildman–Crippen MR) is 102 cm³/mol. The van der Waals surface area contributed by atoms with Crippen molar-refractivity contribution < 1.29 is 4.79 Å². The number of nitrogens with one attached hydrogen (secondary N) is 1. The fourth-order valence-corrected chi connectivity index (χ4v) is 3.00. The van der Waals surface area contributed by atoms with Crippen LogP contribution in [-0.4, -0.2) is 50.1 Å². The zero-order valence-corrected chi connectivity index (χ0v) is 15.0. The highest BCUT2D eigenvalue weighted by Gasteiger charge is 2.18. The molecule has 0 spiro atoms. The second-order valence-corrected chi connectivity index (χ2v) is 6.22. The van der Waals surface area contributed by atoms with Crippen LogP contribution in [0.3, 0.4) is 0 Å². The van der Waals surface area contributed by atoms with E-state index in [9.17, 15) is 4.79 Å². The maximum absolute atomic E-state index is 11.5. The molecule has 4 nitrogen and oxygen atoms in total. The number of nitrogens with zero attached hydrogens (tertiary/aromatic N) is 2. The van der Waals surface area contributed by atoms with Crippen molar-refractivity contribution in [3.8, 4) is 0 Å². The Labute approximate surface area is 149 Å². The minimum atomic E-state index is -0.0309. The van der Waals surface area contributed by atoms with Crippen LogP contribution in [0.4, 0.5) is 5.69 Å². The first-order chi connectivity index (χ1) is 11.7. The second kappa shape index (κ2) is 10.2. The van der Waals surface area contributed by atoms with E-state index < -0.39 is 0 Å². The molecule has 0 aromatic heterocycles. The molecule has 1 heterocycles. The largest absolute Gasteiger partial charge is 0.368 e. The summed E-state index contributed by atoms with van der Waals surface area (Å²) in [5, 5.41) is 3.73. The molecule has 1 saturated heterocycles. The molecule has 1 fully saturated rings. The van der Waals surface area contributed by atoms with Gasteiger partial charge in [0, 0.05) is 38.8 Å². The lowest BCUT2D eigenvalue weighted by molar-refractivity contribution is -0.116. The summed E-state index contributed by atoms with van der Waals surface area (Å²) in [4.78, 5) is 16.3. The zero-order chi connectivity index (χ0) is 17.2. The molecule has 1 amide bonds. The molecule has 2 rings (SSSR count). The maximum atomic E-state index is 11.5. The quantitative estimate of drug-likeness (QED) is 0.467. The summed E-state index contributed by atoms with van der Waals surface area (Å²) in [6.07, 6.45) is 8.02. The third-order valence-electron chi connectivity index (χ3n) is 4.07. The Hall–Kier alpha value is -1.78. The molecule has 0 atom stereocenters. The number of amides is 1. The Kier molecular flexibility index (Phi) is 7.86. The van der Waals surface area contributed by atoms with Gasteiger partial charge in [-0.3, -0.25) is 9.69 Å². The van der Waals surface area contributed by atoms with Crippen LogP contribution < -0.4 is 10.2 Å². The molecule has 1 N–H and O–H groups in total. The molecular weight excluding hydrogens is 322 g/mol. The highest BCUT2D eigenvalue weighted by Crippen LogP contribution is 2.25. The van der Waals surface area contributed by atoms with Crippen molar-refractivity contribution in [1.29, 1.82) is 0 Å². The van der Waals surface area contributed by atoms with Gasteiger partial charge in [-0.15, -0.1) is 0 Å². The van der Waals surface area contributed by atoms with E-state index in [0.29, 0.717) is 6.54 Å². The first kappa shape index (κ1) is 18.6. The van der Waals surface area contributed by atoms with E-state index in [1.54, 1.807) is 12.2 Å². The third kappa shape index (κ3) is 6.02. The molecule has 5 heteroatoms. The van der Waals surface area contributed by atoms with Crippen molar-refractivity contribution in [2.45, 2.75) is 13.3 Å². The fraction of sp³-hybridized carbons (Fsp3) is 0.421. The number of hydrogen-bond acceptors (Lipinski definition) is 3. The van der Waals surface area contributed by atoms with E-state index in [4.69, 9.17) is 11.6 Å². The lowest BCUT2D eigenvalue weighted by atomic mass is 10.2. The van der Waals surface area contributed by atoms with Crippen molar-refractivity contribution >= 4 is 23.2 Å². The van der Waals surface area contributed by atoms with Crippen LogP contribution in [-0.2, 0) is 4.79 Å². The van der Waals surface area contributed by atoms with Gasteiger partial charge in [-0.05, 0) is 32.0 Å². The van der Waals surface area contributed by atoms with E-state index in [2.05, 4.69) is 21.2 Å². The molecule has 0 saturated carbocycles. The van der Waals surface area contributed by atoms with Crippen molar-refractivity contribution in [2.24, 2.45) is 0 Å². The lowest BCUT2D eigenvalue weighted by Gasteiger charge is -2.36. The number of carbonyl (C=O) groups is 1. The number of anilines is 1. The number of benzene rings is 1. The van der Waals surface area contributed by atoms with Gasteiger partial charge in [0.15, 0.2) is 0 Å². The molecule has 1 aliphatic heterocycles. The second-order valence-electron chi connectivity index (χ2n) is 5.81. The van der Waals surface area contributed by atoms with Crippen LogP contribution in [0.1, 0.15) is 13.3 Å². The molecule has 0 radical (unpaired) electrons. The Balaban J connectivity index is 1.63. The highest BCUT2D eigenvalue weighted by molar-refractivity contribution is 6.33. The number of halogens is 1. The van der Waals surface area contributed by atoms with Crippen LogP contribution in [0, 0.1) is 0 Å². The number of allylic oxidation sites excluding steroid dienone is 3. The van der Waals surface area contributed by atoms with E-state index in [-0.39, 0.29) is 5.91 Å². The molecule has 24 heavy (non-hydrogen) atoms. The lowest BCUT2D eigenvalue weighted by Crippen LogP contribution is -2.47. The number of carbonyl (C=O) groups excluding carboxylic acids is 1.